The average molecular weight is 256 g/mol. The van der Waals surface area contributed by atoms with E-state index in [9.17, 15) is 0 Å². The third-order valence-electron chi connectivity index (χ3n) is 4.73. The minimum absolute atomic E-state index is 0.208. The first-order valence-corrected chi connectivity index (χ1v) is 7.42. The van der Waals surface area contributed by atoms with Gasteiger partial charge in [-0.1, -0.05) is 26.3 Å². The average Bonchev–Trinajstić information content (AvgIpc) is 2.64. The number of aryl methyl sites for hydroxylation is 1. The lowest BCUT2D eigenvalue weighted by molar-refractivity contribution is 0.265. The van der Waals surface area contributed by atoms with Gasteiger partial charge < -0.3 is 10.3 Å². The third kappa shape index (κ3) is 2.08. The third-order valence-corrected chi connectivity index (χ3v) is 4.73. The van der Waals surface area contributed by atoms with Crippen molar-refractivity contribution in [3.63, 3.8) is 0 Å². The van der Waals surface area contributed by atoms with Gasteiger partial charge in [-0.3, -0.25) is 0 Å². The van der Waals surface area contributed by atoms with E-state index in [4.69, 9.17) is 5.73 Å². The summed E-state index contributed by atoms with van der Waals surface area (Å²) in [5.74, 6) is 1.26. The van der Waals surface area contributed by atoms with Crippen molar-refractivity contribution in [2.45, 2.75) is 45.1 Å². The van der Waals surface area contributed by atoms with E-state index in [1.807, 2.05) is 0 Å². The van der Waals surface area contributed by atoms with Gasteiger partial charge in [0.05, 0.1) is 0 Å². The number of rotatable bonds is 3. The van der Waals surface area contributed by atoms with Crippen LogP contribution in [0.5, 0.6) is 0 Å². The molecule has 1 atom stereocenters. The van der Waals surface area contributed by atoms with Gasteiger partial charge in [0.1, 0.15) is 0 Å². The van der Waals surface area contributed by atoms with E-state index in [-0.39, 0.29) is 6.04 Å². The van der Waals surface area contributed by atoms with Gasteiger partial charge in [-0.25, -0.2) is 0 Å². The normalized spacial score (nSPS) is 17.9. The van der Waals surface area contributed by atoms with Crippen LogP contribution >= 0.6 is 0 Å². The van der Waals surface area contributed by atoms with Crippen molar-refractivity contribution in [1.29, 1.82) is 0 Å². The van der Waals surface area contributed by atoms with Crippen LogP contribution in [-0.2, 0) is 7.05 Å². The molecule has 2 heteroatoms. The van der Waals surface area contributed by atoms with Gasteiger partial charge in [0.2, 0.25) is 0 Å². The lowest BCUT2D eigenvalue weighted by Crippen LogP contribution is -2.26. The molecule has 2 N–H and O–H groups in total. The van der Waals surface area contributed by atoms with E-state index in [2.05, 4.69) is 49.9 Å². The number of hydrogen-bond acceptors (Lipinski definition) is 1. The summed E-state index contributed by atoms with van der Waals surface area (Å²) in [4.78, 5) is 0. The first-order valence-electron chi connectivity index (χ1n) is 7.42. The van der Waals surface area contributed by atoms with Gasteiger partial charge in [-0.05, 0) is 47.9 Å². The fourth-order valence-corrected chi connectivity index (χ4v) is 3.12. The molecule has 0 aliphatic heterocycles. The molecule has 1 aliphatic carbocycles. The zero-order valence-corrected chi connectivity index (χ0v) is 12.2. The smallest absolute Gasteiger partial charge is 0.0481 e. The number of fused-ring (bicyclic) bond motifs is 1. The molecule has 1 heterocycles. The lowest BCUT2D eigenvalue weighted by Gasteiger charge is -2.31. The van der Waals surface area contributed by atoms with Crippen molar-refractivity contribution < 1.29 is 0 Å². The largest absolute Gasteiger partial charge is 0.350 e. The summed E-state index contributed by atoms with van der Waals surface area (Å²) in [5, 5.41) is 1.35. The van der Waals surface area contributed by atoms with E-state index in [0.717, 1.165) is 0 Å². The van der Waals surface area contributed by atoms with Gasteiger partial charge in [0.15, 0.2) is 0 Å². The second-order valence-electron chi connectivity index (χ2n) is 6.34. The van der Waals surface area contributed by atoms with Crippen LogP contribution in [0.4, 0.5) is 0 Å². The van der Waals surface area contributed by atoms with Crippen molar-refractivity contribution in [1.82, 2.24) is 4.57 Å². The number of nitrogens with zero attached hydrogens (tertiary/aromatic N) is 1. The van der Waals surface area contributed by atoms with E-state index in [1.165, 1.54) is 41.3 Å². The van der Waals surface area contributed by atoms with Crippen LogP contribution in [0.15, 0.2) is 24.4 Å². The molecule has 2 nitrogen and oxygen atoms in total. The predicted molar refractivity (Wildman–Crippen MR) is 81.3 cm³/mol. The fraction of sp³-hybridized carbons (Fsp3) is 0.529. The first kappa shape index (κ1) is 12.7. The number of benzene rings is 1. The van der Waals surface area contributed by atoms with Gasteiger partial charge in [-0.15, -0.1) is 0 Å². The Morgan fingerprint density at radius 2 is 2.00 bits per heavy atom. The van der Waals surface area contributed by atoms with Crippen molar-refractivity contribution >= 4 is 10.9 Å². The van der Waals surface area contributed by atoms with Crippen LogP contribution in [0, 0.1) is 5.92 Å². The molecule has 0 amide bonds. The molecule has 3 rings (SSSR count). The predicted octanol–water partition coefficient (Wildman–Crippen LogP) is 4.10. The highest BCUT2D eigenvalue weighted by molar-refractivity contribution is 5.85. The number of aromatic nitrogens is 1. The van der Waals surface area contributed by atoms with Crippen molar-refractivity contribution in [3.8, 4) is 0 Å². The van der Waals surface area contributed by atoms with E-state index in [1.54, 1.807) is 0 Å². The molecule has 1 unspecified atom stereocenters. The zero-order valence-electron chi connectivity index (χ0n) is 12.2. The maximum Gasteiger partial charge on any atom is 0.0481 e. The molecule has 1 aromatic heterocycles. The zero-order chi connectivity index (χ0) is 13.6. The van der Waals surface area contributed by atoms with E-state index in [0.29, 0.717) is 11.8 Å². The second-order valence-corrected chi connectivity index (χ2v) is 6.34. The van der Waals surface area contributed by atoms with Crippen LogP contribution < -0.4 is 5.73 Å². The Labute approximate surface area is 115 Å². The van der Waals surface area contributed by atoms with Crippen LogP contribution in [0.25, 0.3) is 10.9 Å². The Morgan fingerprint density at radius 1 is 1.26 bits per heavy atom. The monoisotopic (exact) mass is 256 g/mol. The highest BCUT2D eigenvalue weighted by Gasteiger charge is 2.27. The molecule has 1 saturated carbocycles. The summed E-state index contributed by atoms with van der Waals surface area (Å²) in [5.41, 5.74) is 10.5. The highest BCUT2D eigenvalue weighted by atomic mass is 14.9. The first-order chi connectivity index (χ1) is 9.08. The minimum atomic E-state index is 0.208. The summed E-state index contributed by atoms with van der Waals surface area (Å²) in [6.07, 6.45) is 6.17. The van der Waals surface area contributed by atoms with Crippen molar-refractivity contribution in [3.05, 3.63) is 35.5 Å². The molecule has 2 aromatic rings. The maximum atomic E-state index is 6.49. The molecular formula is C17H24N2. The van der Waals surface area contributed by atoms with Gasteiger partial charge in [0, 0.05) is 30.2 Å². The molecule has 102 valence electrons. The molecule has 0 saturated heterocycles. The quantitative estimate of drug-likeness (QED) is 0.880. The molecule has 0 radical (unpaired) electrons. The molecule has 0 spiro atoms. The molecule has 1 fully saturated rings. The van der Waals surface area contributed by atoms with Crippen LogP contribution in [0.3, 0.4) is 0 Å². The van der Waals surface area contributed by atoms with Crippen LogP contribution in [0.2, 0.25) is 0 Å². The Balaban J connectivity index is 2.09. The molecule has 1 aliphatic rings. The minimum Gasteiger partial charge on any atom is -0.350 e. The Kier molecular flexibility index (Phi) is 3.14. The standard InChI is InChI=1S/C17H24N2/c1-11(2)13-7-8-16-14(9-13)15(10-19(16)3)17(18)12-5-4-6-12/h7-12,17H,4-6,18H2,1-3H3. The molecule has 0 bridgehead atoms. The number of hydrogen-bond donors (Lipinski definition) is 1. The lowest BCUT2D eigenvalue weighted by atomic mass is 9.77. The Morgan fingerprint density at radius 3 is 2.58 bits per heavy atom. The Bertz CT molecular complexity index is 591. The number of nitrogens with two attached hydrogens (primary N) is 1. The van der Waals surface area contributed by atoms with Gasteiger partial charge in [0.25, 0.3) is 0 Å². The Hall–Kier alpha value is -1.28. The van der Waals surface area contributed by atoms with Gasteiger partial charge >= 0.3 is 0 Å². The maximum absolute atomic E-state index is 6.49. The van der Waals surface area contributed by atoms with E-state index < -0.39 is 0 Å². The van der Waals surface area contributed by atoms with Crippen LogP contribution in [-0.4, -0.2) is 4.57 Å². The summed E-state index contributed by atoms with van der Waals surface area (Å²) in [6.45, 7) is 4.49. The van der Waals surface area contributed by atoms with Crippen molar-refractivity contribution in [2.24, 2.45) is 18.7 Å². The SMILES string of the molecule is CC(C)c1ccc2c(c1)c(C(N)C1CCC1)cn2C. The summed E-state index contributed by atoms with van der Waals surface area (Å²) < 4.78 is 2.22. The van der Waals surface area contributed by atoms with Crippen molar-refractivity contribution in [2.75, 3.05) is 0 Å². The fourth-order valence-electron chi connectivity index (χ4n) is 3.12. The summed E-state index contributed by atoms with van der Waals surface area (Å²) >= 11 is 0. The molecule has 19 heavy (non-hydrogen) atoms. The summed E-state index contributed by atoms with van der Waals surface area (Å²) in [6, 6.07) is 7.03. The van der Waals surface area contributed by atoms with Gasteiger partial charge in [-0.2, -0.15) is 0 Å². The topological polar surface area (TPSA) is 30.9 Å². The van der Waals surface area contributed by atoms with E-state index >= 15 is 0 Å². The second kappa shape index (κ2) is 4.68. The summed E-state index contributed by atoms with van der Waals surface area (Å²) in [7, 11) is 2.12. The molecule has 1 aromatic carbocycles. The van der Waals surface area contributed by atoms with Crippen LogP contribution in [0.1, 0.15) is 56.2 Å². The molecular weight excluding hydrogens is 232 g/mol. The highest BCUT2D eigenvalue weighted by Crippen LogP contribution is 2.39.